The number of alkyl carbamates (subject to hydrolysis) is 1. The lowest BCUT2D eigenvalue weighted by Crippen LogP contribution is -2.70. The summed E-state index contributed by atoms with van der Waals surface area (Å²) in [6.07, 6.45) is -3.53. The van der Waals surface area contributed by atoms with Gasteiger partial charge in [0.25, 0.3) is 5.91 Å². The third-order valence-corrected chi connectivity index (χ3v) is 18.8. The molecule has 0 bridgehead atoms. The van der Waals surface area contributed by atoms with Gasteiger partial charge in [0.15, 0.2) is 11.4 Å². The van der Waals surface area contributed by atoms with Crippen LogP contribution in [0.1, 0.15) is 135 Å². The molecule has 3 aliphatic carbocycles. The molecule has 0 radical (unpaired) electrons. The first-order valence-corrected chi connectivity index (χ1v) is 26.4. The quantitative estimate of drug-likeness (QED) is 0.231. The molecular formula is C46H59F3N6O13S2. The third kappa shape index (κ3) is 9.81. The molecule has 1 aromatic carbocycles. The van der Waals surface area contributed by atoms with Gasteiger partial charge in [0, 0.05) is 29.7 Å². The third-order valence-electron chi connectivity index (χ3n) is 14.5. The van der Waals surface area contributed by atoms with Crippen molar-refractivity contribution in [3.63, 3.8) is 0 Å². The van der Waals surface area contributed by atoms with Gasteiger partial charge in [-0.2, -0.15) is 13.2 Å². The van der Waals surface area contributed by atoms with E-state index >= 15 is 22.8 Å². The molecule has 3 saturated carbocycles. The minimum atomic E-state index is -5.23. The molecule has 1 spiro atoms. The van der Waals surface area contributed by atoms with E-state index in [1.54, 1.807) is 26.8 Å². The van der Waals surface area contributed by atoms with E-state index in [1.165, 1.54) is 39.2 Å². The minimum absolute atomic E-state index is 0.0117. The summed E-state index contributed by atoms with van der Waals surface area (Å²) in [5.74, 6) is -4.33. The predicted octanol–water partition coefficient (Wildman–Crippen LogP) is 5.71. The molecule has 8 rings (SSSR count). The maximum atomic E-state index is 15.3. The van der Waals surface area contributed by atoms with Crippen molar-refractivity contribution in [1.29, 1.82) is 0 Å². The highest BCUT2D eigenvalue weighted by molar-refractivity contribution is 7.92. The van der Waals surface area contributed by atoms with Crippen molar-refractivity contribution in [2.75, 3.05) is 13.7 Å². The molecule has 70 heavy (non-hydrogen) atoms. The van der Waals surface area contributed by atoms with Gasteiger partial charge in [-0.05, 0) is 111 Å². The van der Waals surface area contributed by atoms with Crippen LogP contribution in [0.2, 0.25) is 0 Å². The number of alkyl halides is 3. The molecule has 4 N–H and O–H groups in total. The van der Waals surface area contributed by atoms with Crippen molar-refractivity contribution >= 4 is 60.9 Å². The second-order valence-electron chi connectivity index (χ2n) is 21.0. The second kappa shape index (κ2) is 17.7. The zero-order valence-electron chi connectivity index (χ0n) is 39.7. The number of hydrogen-bond donors (Lipinski definition) is 4. The number of nitrogens with one attached hydrogen (secondary N) is 4. The Labute approximate surface area is 403 Å². The predicted molar refractivity (Wildman–Crippen MR) is 244 cm³/mol. The van der Waals surface area contributed by atoms with Gasteiger partial charge in [-0.15, -0.1) is 0 Å². The summed E-state index contributed by atoms with van der Waals surface area (Å²) >= 11 is 0. The number of hydrogen-bond acceptors (Lipinski definition) is 14. The fourth-order valence-electron chi connectivity index (χ4n) is 9.65. The molecule has 4 fully saturated rings. The Balaban J connectivity index is 1.25. The highest BCUT2D eigenvalue weighted by atomic mass is 32.2. The molecule has 1 aromatic heterocycles. The topological polar surface area (TPSA) is 255 Å². The number of amides is 5. The van der Waals surface area contributed by atoms with Gasteiger partial charge >= 0.3 is 18.4 Å². The molecular weight excluding hydrogens is 966 g/mol. The Bertz CT molecular complexity index is 2760. The lowest BCUT2D eigenvalue weighted by Gasteiger charge is -2.48. The summed E-state index contributed by atoms with van der Waals surface area (Å²) in [7, 11) is -7.25. The Morgan fingerprint density at radius 2 is 1.57 bits per heavy atom. The van der Waals surface area contributed by atoms with Crippen LogP contribution in [-0.4, -0.2) is 109 Å². The standard InChI is InChI=1S/C46H59F3N6O13S2/c1-41(2,3)68-39(59)51-30-13-11-9-7-8-10-12-26-16-17-45(26,38(58)53-69(61,62)42(4)18-19-42)52-36(56)31-23-44(25-55(31)37(30)57)24-32(66-40(60)54-70(63,64)43(5)20-21-43)33-28-22-27(65-6)14-15-29(28)50-35(34(33)67-44)46(47,48)49/h10,12,14-15,22,26,30-32H,7-9,11,13,16-21,23-25H2,1-6H3,(H,51,59)(H,52,56)(H,53,58)(H,54,60)/b12-10-/t26-,30+,31+,32+,44+,45-/m1/s1. The molecule has 384 valence electrons. The van der Waals surface area contributed by atoms with E-state index in [2.05, 4.69) is 20.3 Å². The molecule has 4 heterocycles. The molecule has 2 aromatic rings. The number of sulfonamides is 2. The Morgan fingerprint density at radius 1 is 0.900 bits per heavy atom. The molecule has 24 heteroatoms. The number of pyridine rings is 1. The summed E-state index contributed by atoms with van der Waals surface area (Å²) < 4.78 is 124. The lowest BCUT2D eigenvalue weighted by atomic mass is 9.65. The first-order chi connectivity index (χ1) is 32.5. The molecule has 6 atom stereocenters. The monoisotopic (exact) mass is 1020 g/mol. The number of nitrogens with zero attached hydrogens (tertiary/aromatic N) is 2. The summed E-state index contributed by atoms with van der Waals surface area (Å²) in [5.41, 5.74) is -7.03. The number of aromatic nitrogens is 1. The van der Waals surface area contributed by atoms with Crippen LogP contribution in [0.5, 0.6) is 11.5 Å². The number of rotatable bonds is 8. The van der Waals surface area contributed by atoms with Crippen LogP contribution in [-0.2, 0) is 50.1 Å². The zero-order valence-corrected chi connectivity index (χ0v) is 41.4. The first-order valence-electron chi connectivity index (χ1n) is 23.4. The van der Waals surface area contributed by atoms with E-state index in [0.717, 1.165) is 4.90 Å². The van der Waals surface area contributed by atoms with Crippen LogP contribution in [0.4, 0.5) is 22.8 Å². The van der Waals surface area contributed by atoms with Crippen LogP contribution < -0.4 is 29.6 Å². The van der Waals surface area contributed by atoms with Crippen molar-refractivity contribution in [3.05, 3.63) is 41.6 Å². The first kappa shape index (κ1) is 51.0. The molecule has 5 amide bonds. The van der Waals surface area contributed by atoms with Gasteiger partial charge in [-0.25, -0.2) is 36.1 Å². The van der Waals surface area contributed by atoms with Crippen LogP contribution in [0.25, 0.3) is 10.9 Å². The number of ether oxygens (including phenoxy) is 4. The van der Waals surface area contributed by atoms with E-state index in [1.807, 2.05) is 10.8 Å². The number of halogens is 3. The van der Waals surface area contributed by atoms with E-state index in [0.29, 0.717) is 44.9 Å². The van der Waals surface area contributed by atoms with Gasteiger partial charge in [0.2, 0.25) is 31.9 Å². The largest absolute Gasteiger partial charge is 0.497 e. The van der Waals surface area contributed by atoms with E-state index in [9.17, 15) is 31.2 Å². The fourth-order valence-corrected chi connectivity index (χ4v) is 12.1. The van der Waals surface area contributed by atoms with Crippen LogP contribution in [0, 0.1) is 5.92 Å². The molecule has 0 unspecified atom stereocenters. The summed E-state index contributed by atoms with van der Waals surface area (Å²) in [6.45, 7) is 7.07. The molecule has 3 aliphatic heterocycles. The van der Waals surface area contributed by atoms with Crippen LogP contribution in [0.15, 0.2) is 30.4 Å². The maximum Gasteiger partial charge on any atom is 0.437 e. The average Bonchev–Trinajstić information content (AvgIpc) is 4.17. The number of methoxy groups -OCH3 is 1. The smallest absolute Gasteiger partial charge is 0.437 e. The maximum absolute atomic E-state index is 15.3. The lowest BCUT2D eigenvalue weighted by molar-refractivity contribution is -0.145. The number of allylic oxidation sites excluding steroid dienone is 1. The Hall–Kier alpha value is -5.39. The number of carbonyl (C=O) groups excluding carboxylic acids is 5. The van der Waals surface area contributed by atoms with Gasteiger partial charge in [-0.1, -0.05) is 25.0 Å². The van der Waals surface area contributed by atoms with Crippen molar-refractivity contribution in [2.45, 2.75) is 169 Å². The Morgan fingerprint density at radius 3 is 2.17 bits per heavy atom. The fraction of sp³-hybridized carbons (Fsp3) is 0.652. The highest BCUT2D eigenvalue weighted by Gasteiger charge is 2.61. The van der Waals surface area contributed by atoms with Gasteiger partial charge in [-0.3, -0.25) is 19.1 Å². The summed E-state index contributed by atoms with van der Waals surface area (Å²) in [4.78, 5) is 76.6. The van der Waals surface area contributed by atoms with Crippen molar-refractivity contribution in [2.24, 2.45) is 5.92 Å². The number of carbonyl (C=O) groups is 5. The van der Waals surface area contributed by atoms with Crippen molar-refractivity contribution in [1.82, 2.24) is 30.0 Å². The average molecular weight is 1030 g/mol. The SMILES string of the molecule is COc1ccc2nc(C(F)(F)F)c3c(c2c1)[C@@H](OC(=O)NS(=O)(=O)C1(C)CC1)C[C@]1(C[C@H]2C(=O)N[C@]4(C(=O)NS(=O)(=O)C5(C)CC5)CC[C@H]4/C=C\CCCCC[C@H](NC(=O)OC(C)(C)C)C(=O)N2C1)O3. The van der Waals surface area contributed by atoms with E-state index in [-0.39, 0.29) is 47.9 Å². The van der Waals surface area contributed by atoms with E-state index in [4.69, 9.17) is 18.9 Å². The number of fused-ring (bicyclic) bond motifs is 5. The normalized spacial score (nSPS) is 29.0. The minimum Gasteiger partial charge on any atom is -0.497 e. The van der Waals surface area contributed by atoms with E-state index < -0.39 is 137 Å². The summed E-state index contributed by atoms with van der Waals surface area (Å²) in [5, 5.41) is 5.38. The molecule has 19 nitrogen and oxygen atoms in total. The summed E-state index contributed by atoms with van der Waals surface area (Å²) in [6, 6.07) is 0.915. The van der Waals surface area contributed by atoms with Gasteiger partial charge < -0.3 is 34.5 Å². The highest BCUT2D eigenvalue weighted by Crippen LogP contribution is 2.54. The molecule has 6 aliphatic rings. The van der Waals surface area contributed by atoms with Crippen LogP contribution in [0.3, 0.4) is 0 Å². The number of benzene rings is 1. The van der Waals surface area contributed by atoms with Gasteiger partial charge in [0.05, 0.1) is 28.7 Å². The zero-order chi connectivity index (χ0) is 51.0. The van der Waals surface area contributed by atoms with Crippen molar-refractivity contribution < 1.29 is 72.9 Å². The van der Waals surface area contributed by atoms with Crippen LogP contribution >= 0.6 is 0 Å². The second-order valence-corrected chi connectivity index (χ2v) is 25.4. The van der Waals surface area contributed by atoms with Crippen molar-refractivity contribution in [3.8, 4) is 11.5 Å². The van der Waals surface area contributed by atoms with Gasteiger partial charge in [0.1, 0.15) is 40.7 Å². The Kier molecular flexibility index (Phi) is 12.9. The molecule has 1 saturated heterocycles.